The van der Waals surface area contributed by atoms with Crippen LogP contribution in [0, 0.1) is 0 Å². The smallest absolute Gasteiger partial charge is 0.0346 e. The third-order valence-electron chi connectivity index (χ3n) is 9.45. The number of aromatic nitrogens is 2. The Morgan fingerprint density at radius 2 is 0.750 bits per heavy atom. The van der Waals surface area contributed by atoms with E-state index in [2.05, 4.69) is 162 Å². The summed E-state index contributed by atoms with van der Waals surface area (Å²) < 4.78 is 0. The van der Waals surface area contributed by atoms with Gasteiger partial charge in [-0.25, -0.2) is 0 Å². The fraction of sp³-hybridized carbons (Fsp3) is 0. The van der Waals surface area contributed by atoms with Crippen LogP contribution in [0.1, 0.15) is 0 Å². The summed E-state index contributed by atoms with van der Waals surface area (Å²) in [6.45, 7) is 0. The molecule has 9 rings (SSSR count). The van der Waals surface area contributed by atoms with E-state index in [-0.39, 0.29) is 0 Å². The van der Waals surface area contributed by atoms with Crippen molar-refractivity contribution < 1.29 is 0 Å². The average molecular weight is 611 g/mol. The molecule has 0 amide bonds. The van der Waals surface area contributed by atoms with Crippen molar-refractivity contribution in [3.05, 3.63) is 183 Å². The van der Waals surface area contributed by atoms with Crippen LogP contribution in [0.4, 0.5) is 0 Å². The number of rotatable bonds is 5. The van der Waals surface area contributed by atoms with Gasteiger partial charge in [0.15, 0.2) is 0 Å². The van der Waals surface area contributed by atoms with E-state index in [1.54, 1.807) is 0 Å². The molecule has 2 nitrogen and oxygen atoms in total. The number of benzene rings is 7. The highest BCUT2D eigenvalue weighted by Crippen LogP contribution is 2.42. The molecule has 48 heavy (non-hydrogen) atoms. The Morgan fingerprint density at radius 3 is 1.35 bits per heavy atom. The van der Waals surface area contributed by atoms with E-state index in [4.69, 9.17) is 0 Å². The van der Waals surface area contributed by atoms with Gasteiger partial charge in [-0.2, -0.15) is 0 Å². The highest BCUT2D eigenvalue weighted by molar-refractivity contribution is 6.25. The van der Waals surface area contributed by atoms with Gasteiger partial charge in [-0.3, -0.25) is 9.97 Å². The Kier molecular flexibility index (Phi) is 6.84. The van der Waals surface area contributed by atoms with E-state index in [0.717, 1.165) is 27.8 Å². The molecular formula is C46H30N2. The predicted molar refractivity (Wildman–Crippen MR) is 202 cm³/mol. The zero-order valence-electron chi connectivity index (χ0n) is 26.2. The van der Waals surface area contributed by atoms with Gasteiger partial charge >= 0.3 is 0 Å². The Hall–Kier alpha value is -6.38. The first-order valence-corrected chi connectivity index (χ1v) is 16.3. The molecule has 0 aliphatic heterocycles. The van der Waals surface area contributed by atoms with Crippen LogP contribution in [-0.4, -0.2) is 9.97 Å². The van der Waals surface area contributed by atoms with E-state index >= 15 is 0 Å². The SMILES string of the molecule is c1cncc(-c2cc(-c3ccncc3)cc(-c3ccccc3-c3ccccc3-c3ccc4c5ccccc5c5ccccc5c4c3)c2)c1. The van der Waals surface area contributed by atoms with E-state index in [1.807, 2.05) is 30.9 Å². The maximum atomic E-state index is 4.42. The third-order valence-corrected chi connectivity index (χ3v) is 9.45. The lowest BCUT2D eigenvalue weighted by atomic mass is 9.86. The molecule has 2 heteroatoms. The molecule has 2 heterocycles. The van der Waals surface area contributed by atoms with Crippen LogP contribution in [0.2, 0.25) is 0 Å². The highest BCUT2D eigenvalue weighted by atomic mass is 14.6. The zero-order valence-corrected chi connectivity index (χ0v) is 26.2. The van der Waals surface area contributed by atoms with Gasteiger partial charge in [0, 0.05) is 30.4 Å². The molecule has 0 unspecified atom stereocenters. The number of nitrogens with zero attached hydrogens (tertiary/aromatic N) is 2. The molecule has 0 fully saturated rings. The van der Waals surface area contributed by atoms with Gasteiger partial charge < -0.3 is 0 Å². The molecule has 0 bridgehead atoms. The normalized spacial score (nSPS) is 11.3. The minimum atomic E-state index is 1.09. The van der Waals surface area contributed by atoms with Crippen LogP contribution >= 0.6 is 0 Å². The summed E-state index contributed by atoms with van der Waals surface area (Å²) in [6.07, 6.45) is 7.46. The lowest BCUT2D eigenvalue weighted by molar-refractivity contribution is 1.32. The molecule has 0 aliphatic carbocycles. The molecule has 7 aromatic carbocycles. The van der Waals surface area contributed by atoms with Crippen molar-refractivity contribution in [3.8, 4) is 55.6 Å². The molecule has 0 atom stereocenters. The highest BCUT2D eigenvalue weighted by Gasteiger charge is 2.16. The maximum Gasteiger partial charge on any atom is 0.0346 e. The molecule has 0 saturated heterocycles. The van der Waals surface area contributed by atoms with Gasteiger partial charge in [0.2, 0.25) is 0 Å². The molecule has 0 spiro atoms. The maximum absolute atomic E-state index is 4.42. The van der Waals surface area contributed by atoms with Crippen LogP contribution in [0.25, 0.3) is 88.0 Å². The van der Waals surface area contributed by atoms with Gasteiger partial charge in [-0.05, 0) is 125 Å². The van der Waals surface area contributed by atoms with Crippen molar-refractivity contribution in [2.24, 2.45) is 0 Å². The Balaban J connectivity index is 1.25. The number of hydrogen-bond donors (Lipinski definition) is 0. The molecular weight excluding hydrogens is 581 g/mol. The third kappa shape index (κ3) is 4.83. The molecule has 224 valence electrons. The molecule has 9 aromatic rings. The van der Waals surface area contributed by atoms with Crippen LogP contribution < -0.4 is 0 Å². The van der Waals surface area contributed by atoms with Crippen LogP contribution in [0.15, 0.2) is 183 Å². The lowest BCUT2D eigenvalue weighted by Gasteiger charge is -2.17. The summed E-state index contributed by atoms with van der Waals surface area (Å²) in [4.78, 5) is 8.69. The summed E-state index contributed by atoms with van der Waals surface area (Å²) in [6, 6.07) is 57.2. The number of pyridine rings is 2. The van der Waals surface area contributed by atoms with Crippen LogP contribution in [-0.2, 0) is 0 Å². The average Bonchev–Trinajstić information content (AvgIpc) is 3.18. The molecule has 2 aromatic heterocycles. The monoisotopic (exact) mass is 610 g/mol. The second-order valence-electron chi connectivity index (χ2n) is 12.2. The van der Waals surface area contributed by atoms with E-state index < -0.39 is 0 Å². The molecule has 0 N–H and O–H groups in total. The van der Waals surface area contributed by atoms with E-state index in [0.29, 0.717) is 0 Å². The molecule has 0 saturated carbocycles. The topological polar surface area (TPSA) is 25.8 Å². The van der Waals surface area contributed by atoms with Crippen molar-refractivity contribution in [1.82, 2.24) is 9.97 Å². The van der Waals surface area contributed by atoms with Crippen LogP contribution in [0.5, 0.6) is 0 Å². The minimum absolute atomic E-state index is 1.09. The summed E-state index contributed by atoms with van der Waals surface area (Å²) in [5.41, 5.74) is 11.6. The summed E-state index contributed by atoms with van der Waals surface area (Å²) in [7, 11) is 0. The number of fused-ring (bicyclic) bond motifs is 6. The van der Waals surface area contributed by atoms with Crippen molar-refractivity contribution in [2.75, 3.05) is 0 Å². The molecule has 0 aliphatic rings. The van der Waals surface area contributed by atoms with Crippen molar-refractivity contribution in [2.45, 2.75) is 0 Å². The van der Waals surface area contributed by atoms with Crippen molar-refractivity contribution in [3.63, 3.8) is 0 Å². The lowest BCUT2D eigenvalue weighted by Crippen LogP contribution is -1.91. The van der Waals surface area contributed by atoms with Gasteiger partial charge in [-0.15, -0.1) is 0 Å². The second-order valence-corrected chi connectivity index (χ2v) is 12.2. The van der Waals surface area contributed by atoms with E-state index in [9.17, 15) is 0 Å². The molecule has 0 radical (unpaired) electrons. The Labute approximate surface area is 279 Å². The van der Waals surface area contributed by atoms with E-state index in [1.165, 1.54) is 60.1 Å². The zero-order chi connectivity index (χ0) is 31.9. The van der Waals surface area contributed by atoms with Crippen molar-refractivity contribution in [1.29, 1.82) is 0 Å². The standard InChI is InChI=1S/C46H30N2/c1-3-13-39(37(11-1)32-19-20-45-43-17-6-5-15-41(43)42-16-7-8-18-44(42)46(45)29-32)40-14-4-2-12-38(40)36-27-34(31-21-24-47-25-22-31)26-35(28-36)33-10-9-23-48-30-33/h1-30H. The van der Waals surface area contributed by atoms with Crippen molar-refractivity contribution >= 4 is 32.3 Å². The second kappa shape index (κ2) is 11.8. The summed E-state index contributed by atoms with van der Waals surface area (Å²) >= 11 is 0. The first-order chi connectivity index (χ1) is 23.8. The Bertz CT molecular complexity index is 2510. The predicted octanol–water partition coefficient (Wildman–Crippen LogP) is 12.3. The Morgan fingerprint density at radius 1 is 0.250 bits per heavy atom. The van der Waals surface area contributed by atoms with Gasteiger partial charge in [0.1, 0.15) is 0 Å². The number of hydrogen-bond acceptors (Lipinski definition) is 2. The van der Waals surface area contributed by atoms with Gasteiger partial charge in [0.05, 0.1) is 0 Å². The van der Waals surface area contributed by atoms with Gasteiger partial charge in [-0.1, -0.05) is 115 Å². The largest absolute Gasteiger partial charge is 0.265 e. The minimum Gasteiger partial charge on any atom is -0.265 e. The quantitative estimate of drug-likeness (QED) is 0.181. The van der Waals surface area contributed by atoms with Gasteiger partial charge in [0.25, 0.3) is 0 Å². The summed E-state index contributed by atoms with van der Waals surface area (Å²) in [5.74, 6) is 0. The fourth-order valence-electron chi connectivity index (χ4n) is 7.21. The first-order valence-electron chi connectivity index (χ1n) is 16.3. The first kappa shape index (κ1) is 27.9. The summed E-state index contributed by atoms with van der Waals surface area (Å²) in [5, 5.41) is 7.70. The van der Waals surface area contributed by atoms with Crippen LogP contribution in [0.3, 0.4) is 0 Å². The fourth-order valence-corrected chi connectivity index (χ4v) is 7.21.